The van der Waals surface area contributed by atoms with Crippen molar-refractivity contribution in [2.24, 2.45) is 34.5 Å². The Morgan fingerprint density at radius 3 is 2.50 bits per heavy atom. The van der Waals surface area contributed by atoms with E-state index in [-0.39, 0.29) is 40.9 Å². The van der Waals surface area contributed by atoms with E-state index in [2.05, 4.69) is 23.7 Å². The van der Waals surface area contributed by atoms with Crippen LogP contribution in [0.1, 0.15) is 88.4 Å². The van der Waals surface area contributed by atoms with Gasteiger partial charge in [0, 0.05) is 50.3 Å². The van der Waals surface area contributed by atoms with Gasteiger partial charge in [0.25, 0.3) is 5.91 Å². The van der Waals surface area contributed by atoms with Gasteiger partial charge in [-0.2, -0.15) is 0 Å². The number of hydrogen-bond donors (Lipinski definition) is 2. The fourth-order valence-electron chi connectivity index (χ4n) is 11.7. The summed E-state index contributed by atoms with van der Waals surface area (Å²) in [5.41, 5.74) is 1.71. The number of piperazine rings is 1. The highest BCUT2D eigenvalue weighted by Gasteiger charge is 2.61. The number of rotatable bonds is 3. The van der Waals surface area contributed by atoms with E-state index in [4.69, 9.17) is 0 Å². The van der Waals surface area contributed by atoms with E-state index in [1.165, 1.54) is 25.7 Å². The number of aliphatic hydroxyl groups excluding tert-OH is 2. The number of aromatic nitrogens is 1. The summed E-state index contributed by atoms with van der Waals surface area (Å²) in [7, 11) is 0. The van der Waals surface area contributed by atoms with Crippen LogP contribution in [0.3, 0.4) is 0 Å². The molecule has 2 saturated heterocycles. The molecule has 2 aliphatic heterocycles. The van der Waals surface area contributed by atoms with Crippen molar-refractivity contribution in [1.29, 1.82) is 0 Å². The maximum absolute atomic E-state index is 13.9. The molecule has 248 valence electrons. The first-order chi connectivity index (χ1) is 22.2. The highest BCUT2D eigenvalue weighted by Crippen LogP contribution is 2.66. The summed E-state index contributed by atoms with van der Waals surface area (Å²) >= 11 is 0. The zero-order valence-electron chi connectivity index (χ0n) is 27.7. The molecule has 8 nitrogen and oxygen atoms in total. The Morgan fingerprint density at radius 2 is 1.67 bits per heavy atom. The van der Waals surface area contributed by atoms with E-state index in [0.717, 1.165) is 56.1 Å². The number of carbonyl (C=O) groups is 2. The Hall–Kier alpha value is -2.55. The number of likely N-dealkylation sites (tertiary alicyclic amines) is 1. The lowest BCUT2D eigenvalue weighted by molar-refractivity contribution is -0.157. The predicted octanol–water partition coefficient (Wildman–Crippen LogP) is 4.73. The number of fused-ring (bicyclic) bond motifs is 6. The number of aliphatic hydroxyl groups is 2. The molecule has 10 atom stereocenters. The molecule has 6 fully saturated rings. The van der Waals surface area contributed by atoms with Crippen LogP contribution < -0.4 is 0 Å². The van der Waals surface area contributed by atoms with Crippen molar-refractivity contribution >= 4 is 22.7 Å². The third-order valence-corrected chi connectivity index (χ3v) is 14.4. The largest absolute Gasteiger partial charge is 0.393 e. The maximum atomic E-state index is 13.9. The molecule has 0 radical (unpaired) electrons. The van der Waals surface area contributed by atoms with Crippen LogP contribution in [0.4, 0.5) is 0 Å². The van der Waals surface area contributed by atoms with Gasteiger partial charge in [0.05, 0.1) is 23.3 Å². The summed E-state index contributed by atoms with van der Waals surface area (Å²) in [5.74, 6) is 2.54. The van der Waals surface area contributed by atoms with E-state index in [9.17, 15) is 19.8 Å². The number of hydrogen-bond acceptors (Lipinski definition) is 6. The van der Waals surface area contributed by atoms with Crippen LogP contribution in [0, 0.1) is 34.5 Å². The monoisotopic (exact) mass is 628 g/mol. The van der Waals surface area contributed by atoms with E-state index in [0.29, 0.717) is 55.3 Å². The van der Waals surface area contributed by atoms with Crippen molar-refractivity contribution in [3.63, 3.8) is 0 Å². The normalized spacial score (nSPS) is 41.2. The van der Waals surface area contributed by atoms with Crippen LogP contribution in [0.25, 0.3) is 10.9 Å². The molecular formula is C38H52N4O4. The molecule has 0 bridgehead atoms. The second-order valence-corrected chi connectivity index (χ2v) is 16.3. The van der Waals surface area contributed by atoms with Crippen molar-refractivity contribution in [1.82, 2.24) is 19.7 Å². The molecule has 6 aliphatic rings. The predicted molar refractivity (Wildman–Crippen MR) is 177 cm³/mol. The average molecular weight is 629 g/mol. The van der Waals surface area contributed by atoms with Crippen LogP contribution in [-0.2, 0) is 4.79 Å². The topological polar surface area (TPSA) is 97.2 Å². The Morgan fingerprint density at radius 1 is 0.891 bits per heavy atom. The lowest BCUT2D eigenvalue weighted by Crippen LogP contribution is -2.62. The number of carbonyl (C=O) groups excluding carboxylic acids is 2. The molecule has 4 aliphatic carbocycles. The van der Waals surface area contributed by atoms with Gasteiger partial charge in [-0.05, 0) is 111 Å². The zero-order chi connectivity index (χ0) is 31.8. The van der Waals surface area contributed by atoms with Crippen molar-refractivity contribution in [3.8, 4) is 0 Å². The standard InChI is InChI=1S/C38H52N4O4/c1-37-14-13-29-27(28(37)11-12-34(37)44)10-9-26-21-33(43)32(22-38(26,29)2)40-16-18-41(19-17-40)36(46)31-8-5-15-42(31)35(45)25-20-24-6-3-4-7-30(24)39-23-25/h3-4,6-7,20,23,26-29,31-34,43-44H,5,8-19,21-22H2,1-2H3/t26-,27-,28-,29-,31-,32-,33-,34-,37-,38-/m0/s1. The quantitative estimate of drug-likeness (QED) is 0.511. The van der Waals surface area contributed by atoms with Gasteiger partial charge in [-0.25, -0.2) is 0 Å². The molecule has 3 heterocycles. The van der Waals surface area contributed by atoms with Crippen LogP contribution in [-0.4, -0.2) is 98.7 Å². The van der Waals surface area contributed by atoms with Crippen LogP contribution >= 0.6 is 0 Å². The fraction of sp³-hybridized carbons (Fsp3) is 0.711. The van der Waals surface area contributed by atoms with Gasteiger partial charge in [-0.1, -0.05) is 32.0 Å². The number of para-hydroxylation sites is 1. The number of amides is 2. The van der Waals surface area contributed by atoms with Crippen molar-refractivity contribution in [3.05, 3.63) is 42.1 Å². The SMILES string of the molecule is C[C@]12C[C@H](N3CCN(C(=O)[C@@H]4CCCN4C(=O)c4cnc5ccccc5c4)CC3)[C@@H](O)C[C@@H]1CC[C@@H]1[C@@H]2CC[C@]2(C)[C@@H](O)CC[C@@H]12. The Labute approximate surface area is 273 Å². The Kier molecular flexibility index (Phi) is 7.73. The second-order valence-electron chi connectivity index (χ2n) is 16.3. The molecule has 4 saturated carbocycles. The van der Waals surface area contributed by atoms with Gasteiger partial charge < -0.3 is 20.0 Å². The van der Waals surface area contributed by atoms with Gasteiger partial charge in [-0.3, -0.25) is 19.5 Å². The Bertz CT molecular complexity index is 1490. The molecule has 8 rings (SSSR count). The van der Waals surface area contributed by atoms with E-state index >= 15 is 0 Å². The summed E-state index contributed by atoms with van der Waals surface area (Å²) < 4.78 is 0. The molecule has 2 N–H and O–H groups in total. The van der Waals surface area contributed by atoms with Crippen molar-refractivity contribution in [2.45, 2.75) is 102 Å². The van der Waals surface area contributed by atoms with Crippen molar-refractivity contribution < 1.29 is 19.8 Å². The molecule has 46 heavy (non-hydrogen) atoms. The van der Waals surface area contributed by atoms with Gasteiger partial charge in [0.2, 0.25) is 5.91 Å². The molecule has 2 amide bonds. The summed E-state index contributed by atoms with van der Waals surface area (Å²) in [4.78, 5) is 38.2. The second kappa shape index (κ2) is 11.6. The summed E-state index contributed by atoms with van der Waals surface area (Å²) in [5, 5.41) is 23.3. The molecular weight excluding hydrogens is 576 g/mol. The lowest BCUT2D eigenvalue weighted by atomic mass is 9.44. The fourth-order valence-corrected chi connectivity index (χ4v) is 11.7. The third kappa shape index (κ3) is 4.83. The molecule has 0 spiro atoms. The van der Waals surface area contributed by atoms with Crippen LogP contribution in [0.2, 0.25) is 0 Å². The maximum Gasteiger partial charge on any atom is 0.256 e. The van der Waals surface area contributed by atoms with Gasteiger partial charge in [0.1, 0.15) is 6.04 Å². The summed E-state index contributed by atoms with van der Waals surface area (Å²) in [6.45, 7) is 8.31. The van der Waals surface area contributed by atoms with E-state index < -0.39 is 6.04 Å². The molecule has 8 heteroatoms. The van der Waals surface area contributed by atoms with Gasteiger partial charge in [0.15, 0.2) is 0 Å². The minimum Gasteiger partial charge on any atom is -0.393 e. The summed E-state index contributed by atoms with van der Waals surface area (Å²) in [6.07, 6.45) is 11.6. The average Bonchev–Trinajstić information content (AvgIpc) is 3.68. The Balaban J connectivity index is 0.922. The first-order valence-corrected chi connectivity index (χ1v) is 18.2. The minimum atomic E-state index is -0.421. The third-order valence-electron chi connectivity index (χ3n) is 14.4. The van der Waals surface area contributed by atoms with Crippen LogP contribution in [0.5, 0.6) is 0 Å². The highest BCUT2D eigenvalue weighted by molar-refractivity contribution is 6.00. The number of pyridine rings is 1. The number of nitrogens with zero attached hydrogens (tertiary/aromatic N) is 4. The van der Waals surface area contributed by atoms with E-state index in [1.54, 1.807) is 11.1 Å². The van der Waals surface area contributed by atoms with Gasteiger partial charge >= 0.3 is 0 Å². The molecule has 0 unspecified atom stereocenters. The first kappa shape index (κ1) is 30.8. The molecule has 1 aromatic heterocycles. The molecule has 1 aromatic carbocycles. The van der Waals surface area contributed by atoms with E-state index in [1.807, 2.05) is 35.2 Å². The van der Waals surface area contributed by atoms with Crippen LogP contribution in [0.15, 0.2) is 36.5 Å². The van der Waals surface area contributed by atoms with Crippen molar-refractivity contribution in [2.75, 3.05) is 32.7 Å². The number of benzene rings is 1. The first-order valence-electron chi connectivity index (χ1n) is 18.2. The highest BCUT2D eigenvalue weighted by atomic mass is 16.3. The lowest BCUT2D eigenvalue weighted by Gasteiger charge is -2.62. The van der Waals surface area contributed by atoms with Gasteiger partial charge in [-0.15, -0.1) is 0 Å². The molecule has 2 aromatic rings. The minimum absolute atomic E-state index is 0.0644. The summed E-state index contributed by atoms with van der Waals surface area (Å²) in [6, 6.07) is 9.39. The smallest absolute Gasteiger partial charge is 0.256 e. The zero-order valence-corrected chi connectivity index (χ0v) is 27.7.